The van der Waals surface area contributed by atoms with Crippen LogP contribution in [-0.4, -0.2) is 30.8 Å². The quantitative estimate of drug-likeness (QED) is 0.617. The molecule has 1 aliphatic heterocycles. The van der Waals surface area contributed by atoms with Crippen molar-refractivity contribution in [2.75, 3.05) is 23.3 Å². The van der Waals surface area contributed by atoms with Crippen LogP contribution >= 0.6 is 0 Å². The fourth-order valence-corrected chi connectivity index (χ4v) is 3.55. The number of benzene rings is 2. The third-order valence-corrected chi connectivity index (χ3v) is 5.29. The van der Waals surface area contributed by atoms with Crippen molar-refractivity contribution in [1.82, 2.24) is 5.32 Å². The van der Waals surface area contributed by atoms with E-state index < -0.39 is 5.92 Å². The van der Waals surface area contributed by atoms with Crippen LogP contribution in [-0.2, 0) is 9.59 Å². The Morgan fingerprint density at radius 2 is 1.73 bits per heavy atom. The average Bonchev–Trinajstić information content (AvgIpc) is 3.16. The van der Waals surface area contributed by atoms with E-state index in [2.05, 4.69) is 17.6 Å². The summed E-state index contributed by atoms with van der Waals surface area (Å²) < 4.78 is 0. The molecule has 2 aromatic rings. The van der Waals surface area contributed by atoms with Crippen molar-refractivity contribution in [3.63, 3.8) is 0 Å². The number of hydrogen-bond donors (Lipinski definition) is 2. The van der Waals surface area contributed by atoms with Crippen molar-refractivity contribution in [2.24, 2.45) is 5.92 Å². The van der Waals surface area contributed by atoms with Gasteiger partial charge in [-0.25, -0.2) is 0 Å². The molecule has 3 amide bonds. The summed E-state index contributed by atoms with van der Waals surface area (Å²) in [6, 6.07) is 16.2. The van der Waals surface area contributed by atoms with Crippen molar-refractivity contribution in [2.45, 2.75) is 39.0 Å². The molecule has 0 aliphatic carbocycles. The van der Waals surface area contributed by atoms with E-state index in [1.165, 1.54) is 12.8 Å². The highest BCUT2D eigenvalue weighted by molar-refractivity contribution is 6.03. The van der Waals surface area contributed by atoms with Crippen LogP contribution in [0.1, 0.15) is 49.4 Å². The predicted molar refractivity (Wildman–Crippen MR) is 118 cm³/mol. The van der Waals surface area contributed by atoms with Gasteiger partial charge in [0.15, 0.2) is 0 Å². The van der Waals surface area contributed by atoms with Gasteiger partial charge in [-0.3, -0.25) is 14.4 Å². The molecule has 1 heterocycles. The lowest BCUT2D eigenvalue weighted by atomic mass is 10.1. The van der Waals surface area contributed by atoms with Gasteiger partial charge in [0.05, 0.1) is 5.92 Å². The van der Waals surface area contributed by atoms with Crippen LogP contribution in [0.4, 0.5) is 11.4 Å². The summed E-state index contributed by atoms with van der Waals surface area (Å²) in [6.45, 7) is 3.20. The number of carbonyl (C=O) groups excluding carboxylic acids is 3. The molecule has 2 aromatic carbocycles. The molecule has 2 N–H and O–H groups in total. The third kappa shape index (κ3) is 5.69. The van der Waals surface area contributed by atoms with Gasteiger partial charge < -0.3 is 15.5 Å². The Labute approximate surface area is 177 Å². The molecule has 1 atom stereocenters. The first-order chi connectivity index (χ1) is 14.6. The lowest BCUT2D eigenvalue weighted by Crippen LogP contribution is -2.28. The van der Waals surface area contributed by atoms with Crippen molar-refractivity contribution in [3.05, 3.63) is 60.2 Å². The average molecular weight is 408 g/mol. The van der Waals surface area contributed by atoms with Crippen LogP contribution in [0.2, 0.25) is 0 Å². The summed E-state index contributed by atoms with van der Waals surface area (Å²) in [5, 5.41) is 5.78. The van der Waals surface area contributed by atoms with Crippen molar-refractivity contribution in [3.8, 4) is 0 Å². The normalized spacial score (nSPS) is 15.8. The molecular formula is C24H29N3O3. The van der Waals surface area contributed by atoms with Gasteiger partial charge in [0.2, 0.25) is 11.8 Å². The van der Waals surface area contributed by atoms with Crippen LogP contribution in [0.5, 0.6) is 0 Å². The molecule has 30 heavy (non-hydrogen) atoms. The highest BCUT2D eigenvalue weighted by atomic mass is 16.2. The number of hydrogen-bond acceptors (Lipinski definition) is 3. The Morgan fingerprint density at radius 3 is 2.43 bits per heavy atom. The number of amides is 3. The van der Waals surface area contributed by atoms with E-state index in [-0.39, 0.29) is 24.1 Å². The monoisotopic (exact) mass is 407 g/mol. The van der Waals surface area contributed by atoms with Gasteiger partial charge in [-0.2, -0.15) is 0 Å². The molecule has 1 saturated heterocycles. The lowest BCUT2D eigenvalue weighted by molar-refractivity contribution is -0.122. The number of para-hydroxylation sites is 1. The molecule has 6 nitrogen and oxygen atoms in total. The van der Waals surface area contributed by atoms with Crippen LogP contribution in [0.25, 0.3) is 0 Å². The maximum absolute atomic E-state index is 12.6. The van der Waals surface area contributed by atoms with E-state index in [9.17, 15) is 14.4 Å². The maximum Gasteiger partial charge on any atom is 0.251 e. The van der Waals surface area contributed by atoms with Crippen LogP contribution < -0.4 is 15.5 Å². The molecule has 0 radical (unpaired) electrons. The van der Waals surface area contributed by atoms with Crippen molar-refractivity contribution < 1.29 is 14.4 Å². The van der Waals surface area contributed by atoms with Crippen molar-refractivity contribution in [1.29, 1.82) is 0 Å². The number of rotatable bonds is 9. The first kappa shape index (κ1) is 21.6. The fraction of sp³-hybridized carbons (Fsp3) is 0.375. The highest BCUT2D eigenvalue weighted by Gasteiger charge is 2.35. The Morgan fingerprint density at radius 1 is 1.00 bits per heavy atom. The summed E-state index contributed by atoms with van der Waals surface area (Å²) in [7, 11) is 0. The van der Waals surface area contributed by atoms with E-state index in [0.717, 1.165) is 18.5 Å². The topological polar surface area (TPSA) is 78.5 Å². The number of carbonyl (C=O) groups is 3. The van der Waals surface area contributed by atoms with Gasteiger partial charge in [0, 0.05) is 36.4 Å². The molecule has 1 fully saturated rings. The summed E-state index contributed by atoms with van der Waals surface area (Å²) in [4.78, 5) is 38.8. The van der Waals surface area contributed by atoms with E-state index >= 15 is 0 Å². The molecule has 6 heteroatoms. The minimum Gasteiger partial charge on any atom is -0.352 e. The Hall–Kier alpha value is -3.15. The van der Waals surface area contributed by atoms with E-state index in [4.69, 9.17) is 0 Å². The molecule has 1 unspecified atom stereocenters. The molecule has 3 rings (SSSR count). The molecule has 158 valence electrons. The summed E-state index contributed by atoms with van der Waals surface area (Å²) in [5.74, 6) is -0.740. The highest BCUT2D eigenvalue weighted by Crippen LogP contribution is 2.25. The first-order valence-corrected chi connectivity index (χ1v) is 10.6. The van der Waals surface area contributed by atoms with Crippen LogP contribution in [0.15, 0.2) is 54.6 Å². The SMILES string of the molecule is CCCCCCNC(=O)c1ccc(NC(=O)C2CC(=O)N(c3ccccc3)C2)cc1. The fourth-order valence-electron chi connectivity index (χ4n) is 3.55. The van der Waals surface area contributed by atoms with Gasteiger partial charge in [0.25, 0.3) is 5.91 Å². The van der Waals surface area contributed by atoms with Gasteiger partial charge in [-0.1, -0.05) is 44.4 Å². The van der Waals surface area contributed by atoms with Crippen LogP contribution in [0, 0.1) is 5.92 Å². The zero-order chi connectivity index (χ0) is 21.3. The molecule has 0 bridgehead atoms. The van der Waals surface area contributed by atoms with Gasteiger partial charge in [-0.05, 0) is 42.8 Å². The Bertz CT molecular complexity index is 865. The smallest absolute Gasteiger partial charge is 0.251 e. The summed E-state index contributed by atoms with van der Waals surface area (Å²) in [6.07, 6.45) is 4.64. The van der Waals surface area contributed by atoms with E-state index in [1.807, 2.05) is 30.3 Å². The van der Waals surface area contributed by atoms with E-state index in [0.29, 0.717) is 24.3 Å². The number of nitrogens with zero attached hydrogens (tertiary/aromatic N) is 1. The largest absolute Gasteiger partial charge is 0.352 e. The third-order valence-electron chi connectivity index (χ3n) is 5.29. The second-order valence-electron chi connectivity index (χ2n) is 7.62. The first-order valence-electron chi connectivity index (χ1n) is 10.6. The molecule has 0 spiro atoms. The molecule has 0 aromatic heterocycles. The zero-order valence-corrected chi connectivity index (χ0v) is 17.4. The number of anilines is 2. The lowest BCUT2D eigenvalue weighted by Gasteiger charge is -2.16. The van der Waals surface area contributed by atoms with Gasteiger partial charge >= 0.3 is 0 Å². The molecule has 0 saturated carbocycles. The summed E-state index contributed by atoms with van der Waals surface area (Å²) in [5.41, 5.74) is 1.99. The minimum atomic E-state index is -0.399. The standard InChI is InChI=1S/C24H29N3O3/c1-2-3-4-8-15-25-23(29)18-11-13-20(14-12-18)26-24(30)19-16-22(28)27(17-19)21-9-6-5-7-10-21/h5-7,9-14,19H,2-4,8,15-17H2,1H3,(H,25,29)(H,26,30). The minimum absolute atomic E-state index is 0.0488. The van der Waals surface area contributed by atoms with E-state index in [1.54, 1.807) is 29.2 Å². The Balaban J connectivity index is 1.50. The maximum atomic E-state index is 12.6. The molecular weight excluding hydrogens is 378 g/mol. The van der Waals surface area contributed by atoms with Gasteiger partial charge in [0.1, 0.15) is 0 Å². The second-order valence-corrected chi connectivity index (χ2v) is 7.62. The predicted octanol–water partition coefficient (Wildman–Crippen LogP) is 3.99. The number of unbranched alkanes of at least 4 members (excludes halogenated alkanes) is 3. The molecule has 1 aliphatic rings. The van der Waals surface area contributed by atoms with Crippen LogP contribution in [0.3, 0.4) is 0 Å². The number of nitrogens with one attached hydrogen (secondary N) is 2. The van der Waals surface area contributed by atoms with Gasteiger partial charge in [-0.15, -0.1) is 0 Å². The Kier molecular flexibility index (Phi) is 7.60. The summed E-state index contributed by atoms with van der Waals surface area (Å²) >= 11 is 0. The zero-order valence-electron chi connectivity index (χ0n) is 17.4. The van der Waals surface area contributed by atoms with Crippen molar-refractivity contribution >= 4 is 29.1 Å². The second kappa shape index (κ2) is 10.6.